The Balaban J connectivity index is 2.66. The number of likely N-dealkylation sites (N-methyl/N-ethyl adjacent to an activating group) is 2. The Hall–Kier alpha value is -1.10. The van der Waals surface area contributed by atoms with Gasteiger partial charge in [0, 0.05) is 20.1 Å². The Morgan fingerprint density at radius 1 is 1.54 bits per heavy atom. The van der Waals surface area contributed by atoms with Gasteiger partial charge in [-0.15, -0.1) is 0 Å². The molecule has 1 aliphatic heterocycles. The SMILES string of the molecule is CN1CCN(C)[C@H](CC(=O)O)C1=O. The van der Waals surface area contributed by atoms with E-state index in [0.717, 1.165) is 6.54 Å². The van der Waals surface area contributed by atoms with Crippen LogP contribution >= 0.6 is 0 Å². The molecule has 0 aromatic rings. The van der Waals surface area contributed by atoms with Crippen LogP contribution in [0.2, 0.25) is 0 Å². The van der Waals surface area contributed by atoms with E-state index in [2.05, 4.69) is 0 Å². The number of nitrogens with zero attached hydrogens (tertiary/aromatic N) is 2. The summed E-state index contributed by atoms with van der Waals surface area (Å²) < 4.78 is 0. The molecule has 0 aromatic heterocycles. The van der Waals surface area contributed by atoms with E-state index in [9.17, 15) is 9.59 Å². The first-order valence-corrected chi connectivity index (χ1v) is 4.19. The smallest absolute Gasteiger partial charge is 0.305 e. The molecule has 0 aliphatic carbocycles. The van der Waals surface area contributed by atoms with Gasteiger partial charge in [-0.2, -0.15) is 0 Å². The van der Waals surface area contributed by atoms with E-state index in [0.29, 0.717) is 6.54 Å². The molecule has 5 heteroatoms. The molecule has 0 aromatic carbocycles. The van der Waals surface area contributed by atoms with Crippen LogP contribution in [0.3, 0.4) is 0 Å². The number of amides is 1. The minimum absolute atomic E-state index is 0.101. The number of piperazine rings is 1. The molecule has 1 heterocycles. The van der Waals surface area contributed by atoms with Gasteiger partial charge in [0.25, 0.3) is 0 Å². The van der Waals surface area contributed by atoms with Crippen LogP contribution in [0.25, 0.3) is 0 Å². The first-order chi connectivity index (χ1) is 6.02. The maximum Gasteiger partial charge on any atom is 0.305 e. The van der Waals surface area contributed by atoms with Crippen molar-refractivity contribution in [2.75, 3.05) is 27.2 Å². The molecule has 13 heavy (non-hydrogen) atoms. The zero-order chi connectivity index (χ0) is 10.0. The van der Waals surface area contributed by atoms with Crippen LogP contribution in [0.5, 0.6) is 0 Å². The van der Waals surface area contributed by atoms with Crippen molar-refractivity contribution >= 4 is 11.9 Å². The van der Waals surface area contributed by atoms with Gasteiger partial charge in [-0.3, -0.25) is 14.5 Å². The summed E-state index contributed by atoms with van der Waals surface area (Å²) in [6.07, 6.45) is -0.111. The van der Waals surface area contributed by atoms with E-state index >= 15 is 0 Å². The van der Waals surface area contributed by atoms with Crippen LogP contribution in [-0.2, 0) is 9.59 Å². The molecule has 1 N–H and O–H groups in total. The third kappa shape index (κ3) is 2.18. The molecule has 0 bridgehead atoms. The molecule has 1 amide bonds. The molecular weight excluding hydrogens is 172 g/mol. The quantitative estimate of drug-likeness (QED) is 0.615. The van der Waals surface area contributed by atoms with Gasteiger partial charge >= 0.3 is 5.97 Å². The molecule has 74 valence electrons. The number of aliphatic carboxylic acids is 1. The van der Waals surface area contributed by atoms with E-state index in [1.165, 1.54) is 0 Å². The molecule has 0 radical (unpaired) electrons. The fraction of sp³-hybridized carbons (Fsp3) is 0.750. The van der Waals surface area contributed by atoms with E-state index in [1.807, 2.05) is 0 Å². The van der Waals surface area contributed by atoms with Crippen LogP contribution in [0, 0.1) is 0 Å². The topological polar surface area (TPSA) is 60.9 Å². The van der Waals surface area contributed by atoms with Gasteiger partial charge in [-0.05, 0) is 7.05 Å². The van der Waals surface area contributed by atoms with Crippen molar-refractivity contribution in [2.45, 2.75) is 12.5 Å². The first-order valence-electron chi connectivity index (χ1n) is 4.19. The number of hydrogen-bond donors (Lipinski definition) is 1. The van der Waals surface area contributed by atoms with Crippen LogP contribution < -0.4 is 0 Å². The Bertz CT molecular complexity index is 229. The van der Waals surface area contributed by atoms with Crippen molar-refractivity contribution in [3.63, 3.8) is 0 Å². The van der Waals surface area contributed by atoms with Crippen molar-refractivity contribution in [3.05, 3.63) is 0 Å². The molecular formula is C8H14N2O3. The summed E-state index contributed by atoms with van der Waals surface area (Å²) in [7, 11) is 3.47. The second kappa shape index (κ2) is 3.74. The van der Waals surface area contributed by atoms with E-state index in [1.54, 1.807) is 23.9 Å². The van der Waals surface area contributed by atoms with Gasteiger partial charge in [-0.1, -0.05) is 0 Å². The monoisotopic (exact) mass is 186 g/mol. The summed E-state index contributed by atoms with van der Waals surface area (Å²) in [6.45, 7) is 1.41. The van der Waals surface area contributed by atoms with E-state index in [-0.39, 0.29) is 12.3 Å². The van der Waals surface area contributed by atoms with Crippen molar-refractivity contribution in [1.29, 1.82) is 0 Å². The molecule has 0 unspecified atom stereocenters. The summed E-state index contributed by atoms with van der Waals surface area (Å²) in [5.41, 5.74) is 0. The lowest BCUT2D eigenvalue weighted by Gasteiger charge is -2.35. The lowest BCUT2D eigenvalue weighted by atomic mass is 10.1. The maximum absolute atomic E-state index is 11.5. The van der Waals surface area contributed by atoms with Gasteiger partial charge in [-0.25, -0.2) is 0 Å². The Labute approximate surface area is 76.9 Å². The second-order valence-corrected chi connectivity index (χ2v) is 3.35. The second-order valence-electron chi connectivity index (χ2n) is 3.35. The van der Waals surface area contributed by atoms with Crippen LogP contribution in [0.1, 0.15) is 6.42 Å². The van der Waals surface area contributed by atoms with Gasteiger partial charge < -0.3 is 10.0 Å². The summed E-state index contributed by atoms with van der Waals surface area (Å²) in [5, 5.41) is 8.59. The zero-order valence-corrected chi connectivity index (χ0v) is 7.86. The predicted octanol–water partition coefficient (Wildman–Crippen LogP) is -0.766. The lowest BCUT2D eigenvalue weighted by molar-refractivity contribution is -0.147. The fourth-order valence-electron chi connectivity index (χ4n) is 1.43. The maximum atomic E-state index is 11.5. The van der Waals surface area contributed by atoms with Crippen molar-refractivity contribution in [3.8, 4) is 0 Å². The highest BCUT2D eigenvalue weighted by Gasteiger charge is 2.32. The molecule has 1 saturated heterocycles. The summed E-state index contributed by atoms with van der Waals surface area (Å²) in [5.74, 6) is -1.03. The molecule has 0 spiro atoms. The highest BCUT2D eigenvalue weighted by Crippen LogP contribution is 2.10. The van der Waals surface area contributed by atoms with E-state index < -0.39 is 12.0 Å². The Kier molecular flexibility index (Phi) is 2.87. The van der Waals surface area contributed by atoms with E-state index in [4.69, 9.17) is 5.11 Å². The molecule has 5 nitrogen and oxygen atoms in total. The molecule has 1 fully saturated rings. The average molecular weight is 186 g/mol. The average Bonchev–Trinajstić information content (AvgIpc) is 2.05. The normalized spacial score (nSPS) is 24.9. The van der Waals surface area contributed by atoms with Crippen LogP contribution in [0.15, 0.2) is 0 Å². The van der Waals surface area contributed by atoms with Gasteiger partial charge in [0.1, 0.15) is 0 Å². The Morgan fingerprint density at radius 2 is 2.15 bits per heavy atom. The van der Waals surface area contributed by atoms with Crippen LogP contribution in [-0.4, -0.2) is 60.0 Å². The highest BCUT2D eigenvalue weighted by molar-refractivity contribution is 5.86. The number of hydrogen-bond acceptors (Lipinski definition) is 3. The number of carboxylic acid groups (broad SMARTS) is 1. The number of carbonyl (C=O) groups is 2. The molecule has 0 saturated carbocycles. The lowest BCUT2D eigenvalue weighted by Crippen LogP contribution is -2.54. The number of carbonyl (C=O) groups excluding carboxylic acids is 1. The highest BCUT2D eigenvalue weighted by atomic mass is 16.4. The van der Waals surface area contributed by atoms with Gasteiger partial charge in [0.2, 0.25) is 5.91 Å². The predicted molar refractivity (Wildman–Crippen MR) is 46.3 cm³/mol. The third-order valence-corrected chi connectivity index (χ3v) is 2.35. The summed E-state index contributed by atoms with van der Waals surface area (Å²) in [4.78, 5) is 25.3. The van der Waals surface area contributed by atoms with Crippen molar-refractivity contribution in [1.82, 2.24) is 9.80 Å². The van der Waals surface area contributed by atoms with Gasteiger partial charge in [0.15, 0.2) is 0 Å². The zero-order valence-electron chi connectivity index (χ0n) is 7.86. The third-order valence-electron chi connectivity index (χ3n) is 2.35. The molecule has 1 aliphatic rings. The number of rotatable bonds is 2. The van der Waals surface area contributed by atoms with Crippen molar-refractivity contribution < 1.29 is 14.7 Å². The standard InChI is InChI=1S/C8H14N2O3/c1-9-3-4-10(2)8(13)6(9)5-7(11)12/h6H,3-5H2,1-2H3,(H,11,12)/t6-/m1/s1. The summed E-state index contributed by atoms with van der Waals surface area (Å²) in [6, 6.07) is -0.490. The number of carboxylic acids is 1. The Morgan fingerprint density at radius 3 is 2.69 bits per heavy atom. The first kappa shape index (κ1) is 9.98. The summed E-state index contributed by atoms with van der Waals surface area (Å²) >= 11 is 0. The van der Waals surface area contributed by atoms with Crippen molar-refractivity contribution in [2.24, 2.45) is 0 Å². The van der Waals surface area contributed by atoms with Crippen LogP contribution in [0.4, 0.5) is 0 Å². The largest absolute Gasteiger partial charge is 0.481 e. The molecule has 1 atom stereocenters. The van der Waals surface area contributed by atoms with Gasteiger partial charge in [0.05, 0.1) is 12.5 Å². The molecule has 1 rings (SSSR count). The minimum Gasteiger partial charge on any atom is -0.481 e. The minimum atomic E-state index is -0.930. The fourth-order valence-corrected chi connectivity index (χ4v) is 1.43.